The lowest BCUT2D eigenvalue weighted by atomic mass is 9.87. The van der Waals surface area contributed by atoms with Crippen molar-refractivity contribution in [3.8, 4) is 17.1 Å². The van der Waals surface area contributed by atoms with E-state index in [1.54, 1.807) is 29.3 Å². The number of anilines is 1. The van der Waals surface area contributed by atoms with E-state index in [-0.39, 0.29) is 46.8 Å². The zero-order valence-electron chi connectivity index (χ0n) is 27.7. The van der Waals surface area contributed by atoms with Crippen LogP contribution >= 0.6 is 0 Å². The summed E-state index contributed by atoms with van der Waals surface area (Å²) < 4.78 is 36.2. The number of hydrogen-bond acceptors (Lipinski definition) is 8. The molecule has 11 heteroatoms. The van der Waals surface area contributed by atoms with E-state index in [1.165, 1.54) is 25.0 Å². The molecule has 4 aromatic rings. The first-order chi connectivity index (χ1) is 22.4. The molecule has 4 bridgehead atoms. The average molecular weight is 655 g/mol. The van der Waals surface area contributed by atoms with Crippen molar-refractivity contribution in [1.82, 2.24) is 24.8 Å². The van der Waals surface area contributed by atoms with Crippen LogP contribution in [0, 0.1) is 19.3 Å². The van der Waals surface area contributed by atoms with Crippen molar-refractivity contribution in [1.29, 1.82) is 0 Å². The molecule has 1 fully saturated rings. The lowest BCUT2D eigenvalue weighted by molar-refractivity contribution is 0.0509. The summed E-state index contributed by atoms with van der Waals surface area (Å²) in [5.74, 6) is 0.191. The first-order valence-corrected chi connectivity index (χ1v) is 17.7. The van der Waals surface area contributed by atoms with Crippen molar-refractivity contribution in [2.24, 2.45) is 5.41 Å². The molecule has 2 aliphatic rings. The minimum Gasteiger partial charge on any atom is -0.475 e. The first-order valence-electron chi connectivity index (χ1n) is 16.2. The fraction of sp³-hybridized carbons (Fsp3) is 0.417. The Balaban J connectivity index is 1.45. The van der Waals surface area contributed by atoms with Gasteiger partial charge in [0.2, 0.25) is 11.8 Å². The third kappa shape index (κ3) is 7.45. The van der Waals surface area contributed by atoms with Crippen LogP contribution in [0.25, 0.3) is 11.3 Å². The van der Waals surface area contributed by atoms with Crippen molar-refractivity contribution in [3.05, 3.63) is 89.0 Å². The van der Waals surface area contributed by atoms with Crippen molar-refractivity contribution in [2.75, 3.05) is 11.3 Å². The summed E-state index contributed by atoms with van der Waals surface area (Å²) >= 11 is 0. The third-order valence-electron chi connectivity index (χ3n) is 8.86. The normalized spacial score (nSPS) is 18.4. The first kappa shape index (κ1) is 32.6. The number of ether oxygens (including phenoxy) is 1. The van der Waals surface area contributed by atoms with Gasteiger partial charge in [0, 0.05) is 29.3 Å². The number of amides is 1. The van der Waals surface area contributed by atoms with Crippen LogP contribution in [0.5, 0.6) is 5.88 Å². The van der Waals surface area contributed by atoms with Crippen LogP contribution in [0.15, 0.2) is 65.8 Å². The summed E-state index contributed by atoms with van der Waals surface area (Å²) in [6.07, 6.45) is 8.84. The van der Waals surface area contributed by atoms with E-state index in [0.717, 1.165) is 35.2 Å². The second kappa shape index (κ2) is 13.0. The topological polar surface area (TPSA) is 127 Å². The molecule has 1 amide bonds. The molecule has 1 saturated carbocycles. The summed E-state index contributed by atoms with van der Waals surface area (Å²) in [4.78, 5) is 34.6. The largest absolute Gasteiger partial charge is 0.475 e. The molecule has 2 aromatic heterocycles. The maximum Gasteiger partial charge on any atom is 0.264 e. The second-order valence-electron chi connectivity index (χ2n) is 13.9. The van der Waals surface area contributed by atoms with Crippen molar-refractivity contribution in [3.63, 3.8) is 0 Å². The van der Waals surface area contributed by atoms with Crippen LogP contribution in [0.1, 0.15) is 91.7 Å². The molecule has 0 spiro atoms. The zero-order valence-corrected chi connectivity index (χ0v) is 28.5. The van der Waals surface area contributed by atoms with Crippen LogP contribution in [0.4, 0.5) is 5.95 Å². The Morgan fingerprint density at radius 3 is 2.36 bits per heavy atom. The van der Waals surface area contributed by atoms with Crippen LogP contribution in [-0.4, -0.2) is 51.8 Å². The van der Waals surface area contributed by atoms with Gasteiger partial charge in [0.25, 0.3) is 15.9 Å². The molecule has 1 aliphatic carbocycles. The van der Waals surface area contributed by atoms with Crippen LogP contribution in [0.2, 0.25) is 0 Å². The summed E-state index contributed by atoms with van der Waals surface area (Å²) in [5, 5.41) is 0. The molecule has 0 unspecified atom stereocenters. The van der Waals surface area contributed by atoms with E-state index >= 15 is 0 Å². The summed E-state index contributed by atoms with van der Waals surface area (Å²) in [5.41, 5.74) is 5.07. The van der Waals surface area contributed by atoms with E-state index in [2.05, 4.69) is 35.5 Å². The fourth-order valence-electron chi connectivity index (χ4n) is 6.60. The Morgan fingerprint density at radius 2 is 1.68 bits per heavy atom. The number of carbonyl (C=O) groups is 1. The van der Waals surface area contributed by atoms with Crippen LogP contribution < -0.4 is 9.46 Å². The standard InChI is InChI=1S/C36H42N6O4S/c1-23-10-8-11-24(2)33(23)30-17-32-40-35(39-30)41-47(44,45)29-15-9-14-26(16-29)34(43)42(28(22-46-32)18-36(3,4)5)21-27-19-38-31(20-37-27)25-12-6-7-13-25/h8-11,14-17,19-20,25,28H,6-7,12-13,18,21-22H2,1-5H3,(H,39,40,41)/t28-/m1/s1. The molecule has 246 valence electrons. The zero-order chi connectivity index (χ0) is 33.3. The second-order valence-corrected chi connectivity index (χ2v) is 15.6. The lowest BCUT2D eigenvalue weighted by Gasteiger charge is -2.35. The molecule has 6 rings (SSSR count). The Bertz CT molecular complexity index is 1860. The highest BCUT2D eigenvalue weighted by Crippen LogP contribution is 2.34. The number of sulfonamides is 1. The average Bonchev–Trinajstić information content (AvgIpc) is 3.56. The molecule has 1 atom stereocenters. The number of nitrogens with one attached hydrogen (secondary N) is 1. The molecule has 3 heterocycles. The fourth-order valence-corrected chi connectivity index (χ4v) is 7.59. The van der Waals surface area contributed by atoms with E-state index in [4.69, 9.17) is 14.7 Å². The highest BCUT2D eigenvalue weighted by atomic mass is 32.2. The van der Waals surface area contributed by atoms with E-state index in [0.29, 0.717) is 23.7 Å². The van der Waals surface area contributed by atoms with Gasteiger partial charge in [-0.1, -0.05) is 57.9 Å². The van der Waals surface area contributed by atoms with Gasteiger partial charge in [0.15, 0.2) is 0 Å². The van der Waals surface area contributed by atoms with Gasteiger partial charge in [0.1, 0.15) is 6.61 Å². The highest BCUT2D eigenvalue weighted by Gasteiger charge is 2.32. The minimum atomic E-state index is -4.16. The summed E-state index contributed by atoms with van der Waals surface area (Å²) in [6, 6.07) is 13.3. The molecule has 0 radical (unpaired) electrons. The summed E-state index contributed by atoms with van der Waals surface area (Å²) in [6.45, 7) is 10.6. The Hall–Kier alpha value is -4.38. The molecule has 1 N–H and O–H groups in total. The van der Waals surface area contributed by atoms with Gasteiger partial charge < -0.3 is 9.64 Å². The van der Waals surface area contributed by atoms with E-state index in [9.17, 15) is 13.2 Å². The van der Waals surface area contributed by atoms with Gasteiger partial charge in [-0.25, -0.2) is 18.1 Å². The van der Waals surface area contributed by atoms with Gasteiger partial charge in [0.05, 0.1) is 40.8 Å². The van der Waals surface area contributed by atoms with Gasteiger partial charge in [-0.15, -0.1) is 0 Å². The summed E-state index contributed by atoms with van der Waals surface area (Å²) in [7, 11) is -4.16. The number of aryl methyl sites for hydroxylation is 2. The van der Waals surface area contributed by atoms with E-state index in [1.807, 2.05) is 38.2 Å². The van der Waals surface area contributed by atoms with Crippen LogP contribution in [-0.2, 0) is 16.6 Å². The monoisotopic (exact) mass is 654 g/mol. The number of carbonyl (C=O) groups excluding carboxylic acids is 1. The SMILES string of the molecule is Cc1cccc(C)c1-c1cc2nc(n1)NS(=O)(=O)c1cccc(c1)C(=O)N(Cc1cnc(C3CCCC3)cn1)[C@H](CC(C)(C)C)CO2. The van der Waals surface area contributed by atoms with Crippen molar-refractivity contribution in [2.45, 2.75) is 90.1 Å². The third-order valence-corrected chi connectivity index (χ3v) is 10.2. The molecule has 0 saturated heterocycles. The van der Waals surface area contributed by atoms with E-state index < -0.39 is 16.1 Å². The van der Waals surface area contributed by atoms with Gasteiger partial charge in [-0.05, 0) is 67.9 Å². The lowest BCUT2D eigenvalue weighted by Crippen LogP contribution is -2.45. The highest BCUT2D eigenvalue weighted by molar-refractivity contribution is 7.92. The van der Waals surface area contributed by atoms with Crippen molar-refractivity contribution >= 4 is 21.9 Å². The smallest absolute Gasteiger partial charge is 0.264 e. The number of aromatic nitrogens is 4. The quantitative estimate of drug-likeness (QED) is 0.248. The molecule has 1 aliphatic heterocycles. The molecule has 47 heavy (non-hydrogen) atoms. The Kier molecular flexibility index (Phi) is 9.02. The number of hydrogen-bond donors (Lipinski definition) is 1. The maximum absolute atomic E-state index is 14.4. The predicted molar refractivity (Wildman–Crippen MR) is 181 cm³/mol. The Morgan fingerprint density at radius 1 is 0.957 bits per heavy atom. The molecule has 10 nitrogen and oxygen atoms in total. The van der Waals surface area contributed by atoms with Crippen LogP contribution in [0.3, 0.4) is 0 Å². The van der Waals surface area contributed by atoms with Crippen molar-refractivity contribution < 1.29 is 17.9 Å². The maximum atomic E-state index is 14.4. The molecular formula is C36H42N6O4S. The van der Waals surface area contributed by atoms with Gasteiger partial charge in [-0.2, -0.15) is 4.98 Å². The number of nitrogens with zero attached hydrogens (tertiary/aromatic N) is 5. The number of fused-ring (bicyclic) bond motifs is 4. The minimum absolute atomic E-state index is 0.0702. The molecular weight excluding hydrogens is 613 g/mol. The number of benzene rings is 2. The van der Waals surface area contributed by atoms with Gasteiger partial charge in [-0.3, -0.25) is 14.8 Å². The number of rotatable bonds is 5. The van der Waals surface area contributed by atoms with Gasteiger partial charge >= 0.3 is 0 Å². The Labute approximate surface area is 277 Å². The molecule has 2 aromatic carbocycles. The predicted octanol–water partition coefficient (Wildman–Crippen LogP) is 6.85.